The summed E-state index contributed by atoms with van der Waals surface area (Å²) in [6.45, 7) is 4.09. The van der Waals surface area contributed by atoms with Crippen LogP contribution in [0.4, 0.5) is 0 Å². The molecule has 1 aromatic carbocycles. The van der Waals surface area contributed by atoms with Crippen molar-refractivity contribution in [2.24, 2.45) is 0 Å². The predicted octanol–water partition coefficient (Wildman–Crippen LogP) is 2.69. The zero-order chi connectivity index (χ0) is 13.1. The zero-order valence-electron chi connectivity index (χ0n) is 11.5. The molecule has 1 fully saturated rings. The van der Waals surface area contributed by atoms with Crippen LogP contribution in [0.5, 0.6) is 0 Å². The monoisotopic (exact) mass is 255 g/mol. The van der Waals surface area contributed by atoms with Gasteiger partial charge in [0.05, 0.1) is 12.0 Å². The van der Waals surface area contributed by atoms with Gasteiger partial charge in [0.15, 0.2) is 0 Å². The van der Waals surface area contributed by atoms with Crippen molar-refractivity contribution in [1.29, 1.82) is 0 Å². The van der Waals surface area contributed by atoms with Gasteiger partial charge in [0.2, 0.25) is 0 Å². The molecule has 2 aromatic rings. The molecule has 0 aliphatic heterocycles. The van der Waals surface area contributed by atoms with E-state index in [9.17, 15) is 0 Å². The van der Waals surface area contributed by atoms with Gasteiger partial charge in [-0.1, -0.05) is 29.8 Å². The zero-order valence-corrected chi connectivity index (χ0v) is 11.5. The Hall–Kier alpha value is -1.61. The van der Waals surface area contributed by atoms with Crippen LogP contribution < -0.4 is 5.32 Å². The van der Waals surface area contributed by atoms with Crippen LogP contribution in [0.15, 0.2) is 36.8 Å². The average molecular weight is 255 g/mol. The van der Waals surface area contributed by atoms with Gasteiger partial charge >= 0.3 is 0 Å². The fourth-order valence-corrected chi connectivity index (χ4v) is 2.35. The van der Waals surface area contributed by atoms with E-state index < -0.39 is 0 Å². The highest BCUT2D eigenvalue weighted by atomic mass is 15.1. The minimum atomic E-state index is 0.750. The first-order valence-corrected chi connectivity index (χ1v) is 7.09. The van der Waals surface area contributed by atoms with Crippen molar-refractivity contribution in [1.82, 2.24) is 14.9 Å². The topological polar surface area (TPSA) is 29.9 Å². The van der Waals surface area contributed by atoms with E-state index in [0.29, 0.717) is 0 Å². The molecule has 1 saturated carbocycles. The van der Waals surface area contributed by atoms with E-state index in [-0.39, 0.29) is 0 Å². The first-order valence-electron chi connectivity index (χ1n) is 7.09. The van der Waals surface area contributed by atoms with Gasteiger partial charge in [0.25, 0.3) is 0 Å². The van der Waals surface area contributed by atoms with E-state index in [1.54, 1.807) is 0 Å². The highest BCUT2D eigenvalue weighted by Gasteiger charge is 2.20. The minimum Gasteiger partial charge on any atom is -0.333 e. The van der Waals surface area contributed by atoms with Crippen LogP contribution in [-0.2, 0) is 19.5 Å². The summed E-state index contributed by atoms with van der Waals surface area (Å²) in [7, 11) is 0. The molecule has 0 amide bonds. The number of nitrogens with one attached hydrogen (secondary N) is 1. The van der Waals surface area contributed by atoms with E-state index in [4.69, 9.17) is 0 Å². The molecule has 0 radical (unpaired) electrons. The molecule has 0 saturated heterocycles. The second-order valence-electron chi connectivity index (χ2n) is 5.47. The van der Waals surface area contributed by atoms with Crippen LogP contribution in [0.2, 0.25) is 0 Å². The van der Waals surface area contributed by atoms with E-state index in [1.165, 1.54) is 29.7 Å². The molecule has 19 heavy (non-hydrogen) atoms. The Morgan fingerprint density at radius 2 is 2.26 bits per heavy atom. The summed E-state index contributed by atoms with van der Waals surface area (Å²) in [6, 6.07) is 9.49. The lowest BCUT2D eigenvalue weighted by atomic mass is 10.1. The Morgan fingerprint density at radius 3 is 3.05 bits per heavy atom. The van der Waals surface area contributed by atoms with Crippen molar-refractivity contribution in [2.75, 3.05) is 0 Å². The largest absolute Gasteiger partial charge is 0.333 e. The Labute approximate surface area is 114 Å². The van der Waals surface area contributed by atoms with Crippen molar-refractivity contribution in [2.45, 2.75) is 45.3 Å². The van der Waals surface area contributed by atoms with Crippen molar-refractivity contribution in [3.63, 3.8) is 0 Å². The Morgan fingerprint density at radius 1 is 1.37 bits per heavy atom. The van der Waals surface area contributed by atoms with E-state index >= 15 is 0 Å². The van der Waals surface area contributed by atoms with Gasteiger partial charge < -0.3 is 9.88 Å². The molecule has 3 nitrogen and oxygen atoms in total. The summed E-state index contributed by atoms with van der Waals surface area (Å²) in [5.74, 6) is 0. The number of imidazole rings is 1. The third-order valence-electron chi connectivity index (χ3n) is 3.67. The molecule has 3 rings (SSSR count). The van der Waals surface area contributed by atoms with Gasteiger partial charge in [-0.3, -0.25) is 0 Å². The smallest absolute Gasteiger partial charge is 0.0948 e. The standard InChI is InChI=1S/C16H21N3/c1-13-3-2-4-14(9-13)7-8-19-12-17-10-16(19)11-18-15-5-6-15/h2-4,9-10,12,15,18H,5-8,11H2,1H3. The van der Waals surface area contributed by atoms with Crippen LogP contribution in [0.1, 0.15) is 29.7 Å². The SMILES string of the molecule is Cc1cccc(CCn2cncc2CNC2CC2)c1. The maximum atomic E-state index is 4.27. The van der Waals surface area contributed by atoms with Crippen LogP contribution in [0.3, 0.4) is 0 Å². The molecule has 0 unspecified atom stereocenters. The number of hydrogen-bond donors (Lipinski definition) is 1. The highest BCUT2D eigenvalue weighted by molar-refractivity contribution is 5.22. The summed E-state index contributed by atoms with van der Waals surface area (Å²) >= 11 is 0. The molecule has 1 N–H and O–H groups in total. The number of benzene rings is 1. The van der Waals surface area contributed by atoms with Crippen LogP contribution in [0.25, 0.3) is 0 Å². The Kier molecular flexibility index (Phi) is 3.65. The molecule has 1 aliphatic rings. The van der Waals surface area contributed by atoms with Gasteiger partial charge in [-0.15, -0.1) is 0 Å². The first-order chi connectivity index (χ1) is 9.31. The number of aromatic nitrogens is 2. The van der Waals surface area contributed by atoms with Crippen LogP contribution in [0, 0.1) is 6.92 Å². The summed E-state index contributed by atoms with van der Waals surface area (Å²) in [5.41, 5.74) is 4.02. The summed E-state index contributed by atoms with van der Waals surface area (Å²) in [4.78, 5) is 4.27. The number of nitrogens with zero attached hydrogens (tertiary/aromatic N) is 2. The number of rotatable bonds is 6. The molecule has 100 valence electrons. The van der Waals surface area contributed by atoms with Crippen molar-refractivity contribution >= 4 is 0 Å². The van der Waals surface area contributed by atoms with E-state index in [2.05, 4.69) is 46.1 Å². The van der Waals surface area contributed by atoms with Gasteiger partial charge in [-0.2, -0.15) is 0 Å². The molecule has 0 spiro atoms. The Balaban J connectivity index is 1.58. The molecule has 3 heteroatoms. The molecule has 0 bridgehead atoms. The maximum Gasteiger partial charge on any atom is 0.0948 e. The molecule has 0 atom stereocenters. The van der Waals surface area contributed by atoms with Gasteiger partial charge in [0, 0.05) is 25.3 Å². The Bertz CT molecular complexity index is 540. The van der Waals surface area contributed by atoms with E-state index in [1.807, 2.05) is 12.5 Å². The van der Waals surface area contributed by atoms with Crippen LogP contribution in [-0.4, -0.2) is 15.6 Å². The van der Waals surface area contributed by atoms with Gasteiger partial charge in [0.1, 0.15) is 0 Å². The normalized spacial score (nSPS) is 14.8. The van der Waals surface area contributed by atoms with E-state index in [0.717, 1.165) is 25.6 Å². The lowest BCUT2D eigenvalue weighted by Crippen LogP contribution is -2.18. The third kappa shape index (κ3) is 3.44. The van der Waals surface area contributed by atoms with Crippen molar-refractivity contribution < 1.29 is 0 Å². The molecule has 1 aromatic heterocycles. The number of aryl methyl sites for hydroxylation is 3. The van der Waals surface area contributed by atoms with Crippen molar-refractivity contribution in [3.05, 3.63) is 53.6 Å². The van der Waals surface area contributed by atoms with Gasteiger partial charge in [-0.05, 0) is 31.7 Å². The van der Waals surface area contributed by atoms with Crippen molar-refractivity contribution in [3.8, 4) is 0 Å². The summed E-state index contributed by atoms with van der Waals surface area (Å²) < 4.78 is 2.26. The molecule has 1 aliphatic carbocycles. The lowest BCUT2D eigenvalue weighted by molar-refractivity contribution is 0.606. The average Bonchev–Trinajstić information content (AvgIpc) is 3.13. The molecular formula is C16H21N3. The second kappa shape index (κ2) is 5.57. The first kappa shape index (κ1) is 12.4. The quantitative estimate of drug-likeness (QED) is 0.860. The number of hydrogen-bond acceptors (Lipinski definition) is 2. The van der Waals surface area contributed by atoms with Gasteiger partial charge in [-0.25, -0.2) is 4.98 Å². The fourth-order valence-electron chi connectivity index (χ4n) is 2.35. The van der Waals surface area contributed by atoms with Crippen LogP contribution >= 0.6 is 0 Å². The predicted molar refractivity (Wildman–Crippen MR) is 77.0 cm³/mol. The third-order valence-corrected chi connectivity index (χ3v) is 3.67. The fraction of sp³-hybridized carbons (Fsp3) is 0.438. The lowest BCUT2D eigenvalue weighted by Gasteiger charge is -2.09. The summed E-state index contributed by atoms with van der Waals surface area (Å²) in [6.07, 6.45) is 7.65. The highest BCUT2D eigenvalue weighted by Crippen LogP contribution is 2.19. The maximum absolute atomic E-state index is 4.27. The minimum absolute atomic E-state index is 0.750. The molecule has 1 heterocycles. The molecular weight excluding hydrogens is 234 g/mol. The second-order valence-corrected chi connectivity index (χ2v) is 5.47. The summed E-state index contributed by atoms with van der Waals surface area (Å²) in [5, 5.41) is 3.55.